The van der Waals surface area contributed by atoms with Crippen molar-refractivity contribution in [2.24, 2.45) is 11.8 Å². The predicted molar refractivity (Wildman–Crippen MR) is 73.1 cm³/mol. The molecule has 3 unspecified atom stereocenters. The molecule has 3 N–H and O–H groups in total. The number of hydrogen-bond acceptors (Lipinski definition) is 4. The Kier molecular flexibility index (Phi) is 3.23. The van der Waals surface area contributed by atoms with Crippen LogP contribution in [0.2, 0.25) is 0 Å². The van der Waals surface area contributed by atoms with Gasteiger partial charge in [-0.1, -0.05) is 12.5 Å². The van der Waals surface area contributed by atoms with Crippen molar-refractivity contribution < 1.29 is 24.9 Å². The number of aromatic hydroxyl groups is 2. The van der Waals surface area contributed by atoms with Crippen molar-refractivity contribution >= 4 is 11.9 Å². The van der Waals surface area contributed by atoms with Gasteiger partial charge in [-0.25, -0.2) is 4.79 Å². The summed E-state index contributed by atoms with van der Waals surface area (Å²) in [6, 6.07) is 3.16. The molecule has 6 heteroatoms. The summed E-state index contributed by atoms with van der Waals surface area (Å²) in [7, 11) is 0. The molecule has 1 saturated heterocycles. The fourth-order valence-electron chi connectivity index (χ4n) is 3.72. The van der Waals surface area contributed by atoms with Crippen molar-refractivity contribution in [2.75, 3.05) is 6.54 Å². The number of fused-ring (bicyclic) bond motifs is 1. The predicted octanol–water partition coefficient (Wildman–Crippen LogP) is 1.42. The van der Waals surface area contributed by atoms with Gasteiger partial charge in [0.2, 0.25) is 0 Å². The maximum absolute atomic E-state index is 12.6. The number of carbonyl (C=O) groups is 2. The maximum Gasteiger partial charge on any atom is 0.326 e. The summed E-state index contributed by atoms with van der Waals surface area (Å²) in [5.74, 6) is -2.13. The molecule has 1 amide bonds. The van der Waals surface area contributed by atoms with Crippen LogP contribution in [0.25, 0.3) is 0 Å². The van der Waals surface area contributed by atoms with Crippen LogP contribution in [0.4, 0.5) is 0 Å². The highest BCUT2D eigenvalue weighted by molar-refractivity contribution is 6.01. The first-order chi connectivity index (χ1) is 10.0. The van der Waals surface area contributed by atoms with Gasteiger partial charge in [0, 0.05) is 6.54 Å². The summed E-state index contributed by atoms with van der Waals surface area (Å²) >= 11 is 0. The molecule has 6 nitrogen and oxygen atoms in total. The first-order valence-corrected chi connectivity index (χ1v) is 7.05. The van der Waals surface area contributed by atoms with Gasteiger partial charge in [0.1, 0.15) is 23.1 Å². The molecule has 2 aliphatic rings. The van der Waals surface area contributed by atoms with E-state index in [4.69, 9.17) is 0 Å². The van der Waals surface area contributed by atoms with Crippen molar-refractivity contribution in [3.05, 3.63) is 23.8 Å². The fraction of sp³-hybridized carbons (Fsp3) is 0.467. The minimum Gasteiger partial charge on any atom is -0.507 e. The number of amides is 1. The van der Waals surface area contributed by atoms with Gasteiger partial charge >= 0.3 is 5.97 Å². The number of phenols is 2. The van der Waals surface area contributed by atoms with Crippen LogP contribution in [0, 0.1) is 11.8 Å². The van der Waals surface area contributed by atoms with Crippen LogP contribution in [0.5, 0.6) is 11.5 Å². The molecule has 3 atom stereocenters. The lowest BCUT2D eigenvalue weighted by atomic mass is 9.94. The molecule has 1 aromatic carbocycles. The lowest BCUT2D eigenvalue weighted by Gasteiger charge is -2.25. The van der Waals surface area contributed by atoms with Crippen LogP contribution in [-0.4, -0.2) is 44.7 Å². The molecular formula is C15H17NO5. The Labute approximate surface area is 121 Å². The molecule has 3 rings (SSSR count). The van der Waals surface area contributed by atoms with E-state index in [1.165, 1.54) is 23.1 Å². The van der Waals surface area contributed by atoms with Crippen LogP contribution >= 0.6 is 0 Å². The first-order valence-electron chi connectivity index (χ1n) is 7.05. The van der Waals surface area contributed by atoms with E-state index in [2.05, 4.69) is 0 Å². The number of rotatable bonds is 2. The standard InChI is InChI=1S/C15H17NO5/c17-10-5-2-6-11(18)12(10)14(19)16-7-8-3-1-4-9(8)13(16)15(20)21/h2,5-6,8-9,13,17-18H,1,3-4,7H2,(H,20,21). The van der Waals surface area contributed by atoms with E-state index in [0.29, 0.717) is 6.54 Å². The zero-order valence-corrected chi connectivity index (χ0v) is 11.4. The third-order valence-electron chi connectivity index (χ3n) is 4.64. The second kappa shape index (κ2) is 4.95. The first kappa shape index (κ1) is 13.7. The molecule has 112 valence electrons. The molecule has 2 fully saturated rings. The fourth-order valence-corrected chi connectivity index (χ4v) is 3.72. The molecule has 1 aromatic rings. The van der Waals surface area contributed by atoms with E-state index in [1.807, 2.05) is 0 Å². The molecule has 0 bridgehead atoms. The van der Waals surface area contributed by atoms with Crippen molar-refractivity contribution in [1.29, 1.82) is 0 Å². The van der Waals surface area contributed by atoms with Gasteiger partial charge in [0.25, 0.3) is 5.91 Å². The summed E-state index contributed by atoms with van der Waals surface area (Å²) in [5, 5.41) is 29.0. The topological polar surface area (TPSA) is 98.1 Å². The van der Waals surface area contributed by atoms with Crippen LogP contribution in [0.15, 0.2) is 18.2 Å². The molecule has 1 aliphatic carbocycles. The van der Waals surface area contributed by atoms with E-state index in [0.717, 1.165) is 19.3 Å². The number of phenolic OH excluding ortho intramolecular Hbond substituents is 2. The van der Waals surface area contributed by atoms with E-state index in [9.17, 15) is 24.9 Å². The van der Waals surface area contributed by atoms with E-state index < -0.39 is 17.9 Å². The molecule has 0 aromatic heterocycles. The largest absolute Gasteiger partial charge is 0.507 e. The normalized spacial score (nSPS) is 27.6. The number of nitrogens with zero attached hydrogens (tertiary/aromatic N) is 1. The molecular weight excluding hydrogens is 274 g/mol. The average Bonchev–Trinajstić information content (AvgIpc) is 2.97. The van der Waals surface area contributed by atoms with Crippen molar-refractivity contribution in [1.82, 2.24) is 4.90 Å². The van der Waals surface area contributed by atoms with Crippen molar-refractivity contribution in [2.45, 2.75) is 25.3 Å². The summed E-state index contributed by atoms with van der Waals surface area (Å²) in [5.41, 5.74) is -0.219. The third kappa shape index (κ3) is 2.11. The summed E-state index contributed by atoms with van der Waals surface area (Å²) in [6.07, 6.45) is 2.71. The van der Waals surface area contributed by atoms with Gasteiger partial charge in [-0.15, -0.1) is 0 Å². The lowest BCUT2D eigenvalue weighted by molar-refractivity contribution is -0.142. The second-order valence-electron chi connectivity index (χ2n) is 5.77. The number of likely N-dealkylation sites (tertiary alicyclic amines) is 1. The SMILES string of the molecule is O=C(O)C1C2CCCC2CN1C(=O)c1c(O)cccc1O. The Morgan fingerprint density at radius 1 is 1.14 bits per heavy atom. The number of aliphatic carboxylic acids is 1. The summed E-state index contributed by atoms with van der Waals surface area (Å²) in [4.78, 5) is 25.4. The minimum absolute atomic E-state index is 0.0283. The Hall–Kier alpha value is -2.24. The quantitative estimate of drug-likeness (QED) is 0.765. The van der Waals surface area contributed by atoms with Crippen LogP contribution in [0.1, 0.15) is 29.6 Å². The van der Waals surface area contributed by atoms with Crippen molar-refractivity contribution in [3.8, 4) is 11.5 Å². The Balaban J connectivity index is 1.96. The number of hydrogen-bond donors (Lipinski definition) is 3. The summed E-state index contributed by atoms with van der Waals surface area (Å²) < 4.78 is 0. The zero-order valence-electron chi connectivity index (χ0n) is 11.4. The maximum atomic E-state index is 12.6. The molecule has 0 spiro atoms. The monoisotopic (exact) mass is 291 g/mol. The van der Waals surface area contributed by atoms with Gasteiger partial charge in [0.05, 0.1) is 0 Å². The van der Waals surface area contributed by atoms with Crippen LogP contribution < -0.4 is 0 Å². The Morgan fingerprint density at radius 2 is 1.81 bits per heavy atom. The van der Waals surface area contributed by atoms with Gasteiger partial charge in [-0.2, -0.15) is 0 Å². The highest BCUT2D eigenvalue weighted by atomic mass is 16.4. The van der Waals surface area contributed by atoms with Gasteiger partial charge in [-0.3, -0.25) is 4.79 Å². The Morgan fingerprint density at radius 3 is 2.43 bits per heavy atom. The molecule has 1 saturated carbocycles. The van der Waals surface area contributed by atoms with E-state index in [1.54, 1.807) is 0 Å². The van der Waals surface area contributed by atoms with Crippen molar-refractivity contribution in [3.63, 3.8) is 0 Å². The minimum atomic E-state index is -1.02. The van der Waals surface area contributed by atoms with E-state index >= 15 is 0 Å². The molecule has 21 heavy (non-hydrogen) atoms. The zero-order chi connectivity index (χ0) is 15.1. The molecule has 1 aliphatic heterocycles. The highest BCUT2D eigenvalue weighted by Crippen LogP contribution is 2.43. The highest BCUT2D eigenvalue weighted by Gasteiger charge is 2.50. The second-order valence-corrected chi connectivity index (χ2v) is 5.77. The van der Waals surface area contributed by atoms with E-state index in [-0.39, 0.29) is 28.9 Å². The number of benzene rings is 1. The van der Waals surface area contributed by atoms with Gasteiger partial charge in [-0.05, 0) is 36.8 Å². The average molecular weight is 291 g/mol. The van der Waals surface area contributed by atoms with Gasteiger partial charge < -0.3 is 20.2 Å². The van der Waals surface area contributed by atoms with Crippen LogP contribution in [-0.2, 0) is 4.79 Å². The smallest absolute Gasteiger partial charge is 0.326 e. The molecule has 1 heterocycles. The number of carboxylic acid groups (broad SMARTS) is 1. The summed E-state index contributed by atoms with van der Waals surface area (Å²) in [6.45, 7) is 0.369. The molecule has 0 radical (unpaired) electrons. The number of carbonyl (C=O) groups excluding carboxylic acids is 1. The lowest BCUT2D eigenvalue weighted by Crippen LogP contribution is -2.43. The third-order valence-corrected chi connectivity index (χ3v) is 4.64. The number of carboxylic acids is 1. The van der Waals surface area contributed by atoms with Crippen LogP contribution in [0.3, 0.4) is 0 Å². The Bertz CT molecular complexity index is 579. The van der Waals surface area contributed by atoms with Gasteiger partial charge in [0.15, 0.2) is 0 Å².